The van der Waals surface area contributed by atoms with E-state index in [4.69, 9.17) is 4.74 Å². The molecule has 31 heavy (non-hydrogen) atoms. The van der Waals surface area contributed by atoms with Crippen LogP contribution in [0.5, 0.6) is 5.88 Å². The Morgan fingerprint density at radius 1 is 1.03 bits per heavy atom. The molecule has 0 fully saturated rings. The molecule has 0 aliphatic carbocycles. The molecule has 1 N–H and O–H groups in total. The van der Waals surface area contributed by atoms with Crippen molar-refractivity contribution in [1.82, 2.24) is 24.9 Å². The number of nitrogens with one attached hydrogen (secondary N) is 1. The van der Waals surface area contributed by atoms with Crippen molar-refractivity contribution in [2.24, 2.45) is 0 Å². The molecule has 9 nitrogen and oxygen atoms in total. The van der Waals surface area contributed by atoms with Gasteiger partial charge in [-0.25, -0.2) is 4.68 Å². The lowest BCUT2D eigenvalue weighted by Crippen LogP contribution is -2.30. The van der Waals surface area contributed by atoms with Crippen LogP contribution < -0.4 is 10.1 Å². The van der Waals surface area contributed by atoms with E-state index in [1.807, 2.05) is 20.8 Å². The third kappa shape index (κ3) is 4.71. The zero-order valence-electron chi connectivity index (χ0n) is 18.1. The van der Waals surface area contributed by atoms with Crippen LogP contribution in [0.3, 0.4) is 0 Å². The normalized spacial score (nSPS) is 10.6. The lowest BCUT2D eigenvalue weighted by molar-refractivity contribution is 0.0773. The summed E-state index contributed by atoms with van der Waals surface area (Å²) in [5, 5.41) is 15.2. The Morgan fingerprint density at radius 2 is 1.74 bits per heavy atom. The first kappa shape index (κ1) is 21.9. The smallest absolute Gasteiger partial charge is 0.259 e. The van der Waals surface area contributed by atoms with E-state index in [-0.39, 0.29) is 11.8 Å². The highest BCUT2D eigenvalue weighted by Gasteiger charge is 2.19. The van der Waals surface area contributed by atoms with Crippen molar-refractivity contribution in [3.8, 4) is 11.7 Å². The Labute approximate surface area is 181 Å². The summed E-state index contributed by atoms with van der Waals surface area (Å²) in [5.74, 6) is 0.580. The fourth-order valence-corrected chi connectivity index (χ4v) is 3.22. The number of aromatic nitrogens is 4. The number of benzene rings is 1. The van der Waals surface area contributed by atoms with Gasteiger partial charge >= 0.3 is 0 Å². The Bertz CT molecular complexity index is 1040. The Hall–Kier alpha value is -3.75. The van der Waals surface area contributed by atoms with Crippen LogP contribution in [0.4, 0.5) is 5.69 Å². The SMILES string of the molecule is CCc1c(C(=O)Nc2ccc(C(=O)N(CC)CC)cc2)cnn1-c1ccc(OC)nn1. The molecule has 0 saturated carbocycles. The standard InChI is InChI=1S/C22H26N6O3/c1-5-18-17(14-23-28(18)19-12-13-20(31-4)26-25-19)21(29)24-16-10-8-15(9-11-16)22(30)27(6-2)7-3/h8-14H,5-7H2,1-4H3,(H,24,29). The topological polar surface area (TPSA) is 102 Å². The first-order valence-corrected chi connectivity index (χ1v) is 10.2. The maximum atomic E-state index is 12.9. The van der Waals surface area contributed by atoms with Gasteiger partial charge in [0.05, 0.1) is 24.6 Å². The van der Waals surface area contributed by atoms with E-state index >= 15 is 0 Å². The molecule has 0 spiro atoms. The van der Waals surface area contributed by atoms with E-state index < -0.39 is 0 Å². The summed E-state index contributed by atoms with van der Waals surface area (Å²) in [6.07, 6.45) is 2.09. The quantitative estimate of drug-likeness (QED) is 0.599. The van der Waals surface area contributed by atoms with E-state index in [1.54, 1.807) is 46.0 Å². The highest BCUT2D eigenvalue weighted by molar-refractivity contribution is 6.05. The Morgan fingerprint density at radius 3 is 2.29 bits per heavy atom. The lowest BCUT2D eigenvalue weighted by atomic mass is 10.1. The van der Waals surface area contributed by atoms with Gasteiger partial charge in [0.25, 0.3) is 11.8 Å². The summed E-state index contributed by atoms with van der Waals surface area (Å²) >= 11 is 0. The zero-order valence-corrected chi connectivity index (χ0v) is 18.1. The number of amides is 2. The number of hydrogen-bond acceptors (Lipinski definition) is 6. The van der Waals surface area contributed by atoms with Crippen LogP contribution in [0.2, 0.25) is 0 Å². The van der Waals surface area contributed by atoms with Crippen LogP contribution >= 0.6 is 0 Å². The van der Waals surface area contributed by atoms with Crippen molar-refractivity contribution < 1.29 is 14.3 Å². The minimum atomic E-state index is -0.285. The van der Waals surface area contributed by atoms with Crippen LogP contribution in [0.1, 0.15) is 47.2 Å². The molecule has 0 aliphatic rings. The van der Waals surface area contributed by atoms with Crippen molar-refractivity contribution in [1.29, 1.82) is 0 Å². The average molecular weight is 422 g/mol. The predicted octanol–water partition coefficient (Wildman–Crippen LogP) is 2.97. The number of ether oxygens (including phenoxy) is 1. The molecule has 2 amide bonds. The van der Waals surface area contributed by atoms with Crippen molar-refractivity contribution in [3.63, 3.8) is 0 Å². The summed E-state index contributed by atoms with van der Waals surface area (Å²) < 4.78 is 6.62. The number of methoxy groups -OCH3 is 1. The van der Waals surface area contributed by atoms with Crippen molar-refractivity contribution >= 4 is 17.5 Å². The maximum Gasteiger partial charge on any atom is 0.259 e. The second kappa shape index (κ2) is 9.84. The van der Waals surface area contributed by atoms with E-state index in [9.17, 15) is 9.59 Å². The molecule has 1 aromatic carbocycles. The van der Waals surface area contributed by atoms with Crippen LogP contribution in [0.25, 0.3) is 5.82 Å². The van der Waals surface area contributed by atoms with Gasteiger partial charge in [0.1, 0.15) is 0 Å². The minimum absolute atomic E-state index is 0.0296. The second-order valence-corrected chi connectivity index (χ2v) is 6.71. The lowest BCUT2D eigenvalue weighted by Gasteiger charge is -2.18. The zero-order chi connectivity index (χ0) is 22.4. The minimum Gasteiger partial charge on any atom is -0.480 e. The molecule has 3 aromatic rings. The van der Waals surface area contributed by atoms with Crippen molar-refractivity contribution in [2.75, 3.05) is 25.5 Å². The maximum absolute atomic E-state index is 12.9. The van der Waals surface area contributed by atoms with Gasteiger partial charge in [0, 0.05) is 30.4 Å². The first-order valence-electron chi connectivity index (χ1n) is 10.2. The van der Waals surface area contributed by atoms with Crippen molar-refractivity contribution in [2.45, 2.75) is 27.2 Å². The number of carbonyl (C=O) groups excluding carboxylic acids is 2. The summed E-state index contributed by atoms with van der Waals surface area (Å²) in [5.41, 5.74) is 2.34. The second-order valence-electron chi connectivity index (χ2n) is 6.71. The van der Waals surface area contributed by atoms with Gasteiger partial charge in [-0.2, -0.15) is 5.10 Å². The van der Waals surface area contributed by atoms with Gasteiger partial charge in [-0.3, -0.25) is 9.59 Å². The molecule has 2 aromatic heterocycles. The average Bonchev–Trinajstić information content (AvgIpc) is 3.24. The molecule has 0 unspecified atom stereocenters. The molecule has 0 saturated heterocycles. The Balaban J connectivity index is 1.77. The van der Waals surface area contributed by atoms with Crippen LogP contribution in [0, 0.1) is 0 Å². The van der Waals surface area contributed by atoms with Crippen molar-refractivity contribution in [3.05, 3.63) is 59.4 Å². The van der Waals surface area contributed by atoms with Gasteiger partial charge in [-0.05, 0) is 50.6 Å². The van der Waals surface area contributed by atoms with Gasteiger partial charge in [0.2, 0.25) is 5.88 Å². The summed E-state index contributed by atoms with van der Waals surface area (Å²) in [6, 6.07) is 10.3. The number of nitrogens with zero attached hydrogens (tertiary/aromatic N) is 5. The fourth-order valence-electron chi connectivity index (χ4n) is 3.22. The van der Waals surface area contributed by atoms with Crippen LogP contribution in [-0.2, 0) is 6.42 Å². The van der Waals surface area contributed by atoms with Gasteiger partial charge in [0.15, 0.2) is 5.82 Å². The molecule has 3 rings (SSSR count). The molecule has 9 heteroatoms. The van der Waals surface area contributed by atoms with E-state index in [1.165, 1.54) is 13.3 Å². The molecule has 0 bridgehead atoms. The summed E-state index contributed by atoms with van der Waals surface area (Å²) in [7, 11) is 1.52. The van der Waals surface area contributed by atoms with Gasteiger partial charge < -0.3 is 15.0 Å². The van der Waals surface area contributed by atoms with Crippen LogP contribution in [0.15, 0.2) is 42.6 Å². The number of anilines is 1. The summed E-state index contributed by atoms with van der Waals surface area (Å²) in [4.78, 5) is 27.0. The van der Waals surface area contributed by atoms with Crippen LogP contribution in [-0.4, -0.2) is 56.9 Å². The molecule has 2 heterocycles. The molecule has 0 atom stereocenters. The monoisotopic (exact) mass is 422 g/mol. The summed E-state index contributed by atoms with van der Waals surface area (Å²) in [6.45, 7) is 7.12. The Kier molecular flexibility index (Phi) is 6.96. The molecule has 0 aliphatic heterocycles. The number of carbonyl (C=O) groups is 2. The number of rotatable bonds is 8. The highest BCUT2D eigenvalue weighted by atomic mass is 16.5. The van der Waals surface area contributed by atoms with Gasteiger partial charge in [-0.15, -0.1) is 10.2 Å². The third-order valence-electron chi connectivity index (χ3n) is 4.94. The number of hydrogen-bond donors (Lipinski definition) is 1. The van der Waals surface area contributed by atoms with E-state index in [0.717, 1.165) is 0 Å². The molecular formula is C22H26N6O3. The molecule has 162 valence electrons. The third-order valence-corrected chi connectivity index (χ3v) is 4.94. The largest absolute Gasteiger partial charge is 0.480 e. The first-order chi connectivity index (χ1) is 15.0. The van der Waals surface area contributed by atoms with Gasteiger partial charge in [-0.1, -0.05) is 6.92 Å². The predicted molar refractivity (Wildman–Crippen MR) is 117 cm³/mol. The fraction of sp³-hybridized carbons (Fsp3) is 0.318. The molecule has 0 radical (unpaired) electrons. The van der Waals surface area contributed by atoms with E-state index in [2.05, 4.69) is 20.6 Å². The molecular weight excluding hydrogens is 396 g/mol. The highest BCUT2D eigenvalue weighted by Crippen LogP contribution is 2.18. The van der Waals surface area contributed by atoms with E-state index in [0.29, 0.717) is 53.7 Å².